The molecule has 1 aromatic carbocycles. The van der Waals surface area contributed by atoms with Gasteiger partial charge in [0.25, 0.3) is 0 Å². The zero-order valence-corrected chi connectivity index (χ0v) is 12.0. The summed E-state index contributed by atoms with van der Waals surface area (Å²) >= 11 is 0. The van der Waals surface area contributed by atoms with E-state index < -0.39 is 5.41 Å². The highest BCUT2D eigenvalue weighted by atomic mass is 16.2. The van der Waals surface area contributed by atoms with Gasteiger partial charge in [-0.25, -0.2) is 0 Å². The number of carbonyl (C=O) groups excluding carboxylic acids is 2. The maximum absolute atomic E-state index is 12.7. The molecule has 1 aliphatic rings. The number of carbonyl (C=O) groups is 2. The molecule has 1 aromatic rings. The van der Waals surface area contributed by atoms with Crippen LogP contribution in [0, 0.1) is 0 Å². The minimum Gasteiger partial charge on any atom is -0.399 e. The monoisotopic (exact) mass is 275 g/mol. The summed E-state index contributed by atoms with van der Waals surface area (Å²) in [6, 6.07) is 7.37. The van der Waals surface area contributed by atoms with Gasteiger partial charge < -0.3 is 16.0 Å². The van der Waals surface area contributed by atoms with E-state index in [2.05, 4.69) is 5.32 Å². The largest absolute Gasteiger partial charge is 0.399 e. The second-order valence-electron chi connectivity index (χ2n) is 5.64. The van der Waals surface area contributed by atoms with E-state index in [1.54, 1.807) is 17.0 Å². The van der Waals surface area contributed by atoms with Crippen molar-refractivity contribution in [2.75, 3.05) is 25.4 Å². The Kier molecular flexibility index (Phi) is 3.97. The third-order valence-corrected chi connectivity index (χ3v) is 3.77. The fourth-order valence-corrected chi connectivity index (χ4v) is 2.39. The molecule has 0 spiro atoms. The molecule has 0 radical (unpaired) electrons. The standard InChI is InChI=1S/C15H21N3O2/c1-15(2,11-3-5-12(16)6-4-11)14(20)18-9-7-13(19)17-8-10-18/h3-6H,7-10,16H2,1-2H3,(H,17,19). The molecule has 0 saturated carbocycles. The minimum atomic E-state index is -0.624. The summed E-state index contributed by atoms with van der Waals surface area (Å²) in [4.78, 5) is 25.8. The maximum Gasteiger partial charge on any atom is 0.232 e. The van der Waals surface area contributed by atoms with Gasteiger partial charge in [0.05, 0.1) is 5.41 Å². The first kappa shape index (κ1) is 14.4. The van der Waals surface area contributed by atoms with Crippen molar-refractivity contribution in [3.8, 4) is 0 Å². The molecule has 0 unspecified atom stereocenters. The van der Waals surface area contributed by atoms with Crippen LogP contribution in [0.5, 0.6) is 0 Å². The molecule has 5 nitrogen and oxygen atoms in total. The van der Waals surface area contributed by atoms with Gasteiger partial charge in [0, 0.05) is 31.7 Å². The van der Waals surface area contributed by atoms with Crippen molar-refractivity contribution in [3.63, 3.8) is 0 Å². The molecule has 0 atom stereocenters. The molecular weight excluding hydrogens is 254 g/mol. The van der Waals surface area contributed by atoms with Gasteiger partial charge in [-0.05, 0) is 31.5 Å². The topological polar surface area (TPSA) is 75.4 Å². The number of benzene rings is 1. The van der Waals surface area contributed by atoms with E-state index in [1.165, 1.54) is 0 Å². The molecule has 1 fully saturated rings. The van der Waals surface area contributed by atoms with E-state index in [0.29, 0.717) is 31.7 Å². The van der Waals surface area contributed by atoms with Gasteiger partial charge in [-0.1, -0.05) is 12.1 Å². The summed E-state index contributed by atoms with van der Waals surface area (Å²) < 4.78 is 0. The van der Waals surface area contributed by atoms with Crippen LogP contribution in [0.25, 0.3) is 0 Å². The quantitative estimate of drug-likeness (QED) is 0.787. The van der Waals surface area contributed by atoms with Gasteiger partial charge in [0.15, 0.2) is 0 Å². The fraction of sp³-hybridized carbons (Fsp3) is 0.467. The number of anilines is 1. The van der Waals surface area contributed by atoms with Crippen molar-refractivity contribution in [1.29, 1.82) is 0 Å². The predicted molar refractivity (Wildman–Crippen MR) is 78.1 cm³/mol. The summed E-state index contributed by atoms with van der Waals surface area (Å²) in [7, 11) is 0. The van der Waals surface area contributed by atoms with Gasteiger partial charge in [-0.3, -0.25) is 9.59 Å². The highest BCUT2D eigenvalue weighted by Gasteiger charge is 2.34. The lowest BCUT2D eigenvalue weighted by atomic mass is 9.83. The van der Waals surface area contributed by atoms with Crippen molar-refractivity contribution >= 4 is 17.5 Å². The maximum atomic E-state index is 12.7. The molecule has 0 aromatic heterocycles. The van der Waals surface area contributed by atoms with E-state index in [9.17, 15) is 9.59 Å². The van der Waals surface area contributed by atoms with Gasteiger partial charge >= 0.3 is 0 Å². The van der Waals surface area contributed by atoms with E-state index in [-0.39, 0.29) is 11.8 Å². The Bertz CT molecular complexity index is 508. The van der Waals surface area contributed by atoms with E-state index in [0.717, 1.165) is 5.56 Å². The lowest BCUT2D eigenvalue weighted by Crippen LogP contribution is -2.44. The molecular formula is C15H21N3O2. The highest BCUT2D eigenvalue weighted by Crippen LogP contribution is 2.26. The Morgan fingerprint density at radius 1 is 1.25 bits per heavy atom. The fourth-order valence-electron chi connectivity index (χ4n) is 2.39. The van der Waals surface area contributed by atoms with Crippen LogP contribution < -0.4 is 11.1 Å². The Labute approximate surface area is 119 Å². The number of nitrogens with zero attached hydrogens (tertiary/aromatic N) is 1. The van der Waals surface area contributed by atoms with Gasteiger partial charge in [0.2, 0.25) is 11.8 Å². The van der Waals surface area contributed by atoms with Crippen LogP contribution in [-0.2, 0) is 15.0 Å². The third kappa shape index (κ3) is 2.92. The lowest BCUT2D eigenvalue weighted by molar-refractivity contribution is -0.136. The number of rotatable bonds is 2. The summed E-state index contributed by atoms with van der Waals surface area (Å²) in [5.74, 6) is 0.0457. The van der Waals surface area contributed by atoms with E-state index in [4.69, 9.17) is 5.73 Å². The van der Waals surface area contributed by atoms with Gasteiger partial charge in [-0.15, -0.1) is 0 Å². The minimum absolute atomic E-state index is 0.00518. The third-order valence-electron chi connectivity index (χ3n) is 3.77. The zero-order chi connectivity index (χ0) is 14.8. The van der Waals surface area contributed by atoms with Crippen LogP contribution in [0.4, 0.5) is 5.69 Å². The van der Waals surface area contributed by atoms with E-state index in [1.807, 2.05) is 26.0 Å². The SMILES string of the molecule is CC(C)(C(=O)N1CCNC(=O)CC1)c1ccc(N)cc1. The van der Waals surface area contributed by atoms with Crippen LogP contribution in [0.1, 0.15) is 25.8 Å². The Morgan fingerprint density at radius 3 is 2.55 bits per heavy atom. The average molecular weight is 275 g/mol. The number of hydrogen-bond donors (Lipinski definition) is 2. The first-order chi connectivity index (χ1) is 9.41. The summed E-state index contributed by atoms with van der Waals surface area (Å²) in [5.41, 5.74) is 6.67. The predicted octanol–water partition coefficient (Wildman–Crippen LogP) is 0.895. The van der Waals surface area contributed by atoms with Crippen molar-refractivity contribution in [1.82, 2.24) is 10.2 Å². The molecule has 1 saturated heterocycles. The summed E-state index contributed by atoms with van der Waals surface area (Å²) in [6.07, 6.45) is 0.365. The normalized spacial score (nSPS) is 16.5. The van der Waals surface area contributed by atoms with E-state index >= 15 is 0 Å². The number of amides is 2. The van der Waals surface area contributed by atoms with Crippen molar-refractivity contribution in [2.45, 2.75) is 25.7 Å². The number of hydrogen-bond acceptors (Lipinski definition) is 3. The van der Waals surface area contributed by atoms with Crippen molar-refractivity contribution < 1.29 is 9.59 Å². The molecule has 1 aliphatic heterocycles. The molecule has 20 heavy (non-hydrogen) atoms. The first-order valence-corrected chi connectivity index (χ1v) is 6.83. The second kappa shape index (κ2) is 5.53. The summed E-state index contributed by atoms with van der Waals surface area (Å²) in [6.45, 7) is 5.36. The van der Waals surface area contributed by atoms with Crippen molar-refractivity contribution in [2.24, 2.45) is 0 Å². The number of nitrogen functional groups attached to an aromatic ring is 1. The lowest BCUT2D eigenvalue weighted by Gasteiger charge is -2.31. The Morgan fingerprint density at radius 2 is 1.90 bits per heavy atom. The molecule has 0 aliphatic carbocycles. The molecule has 0 bridgehead atoms. The first-order valence-electron chi connectivity index (χ1n) is 6.83. The van der Waals surface area contributed by atoms with Crippen LogP contribution in [0.2, 0.25) is 0 Å². The van der Waals surface area contributed by atoms with Gasteiger partial charge in [-0.2, -0.15) is 0 Å². The highest BCUT2D eigenvalue weighted by molar-refractivity contribution is 5.88. The molecule has 2 rings (SSSR count). The molecule has 3 N–H and O–H groups in total. The van der Waals surface area contributed by atoms with Crippen LogP contribution >= 0.6 is 0 Å². The van der Waals surface area contributed by atoms with Crippen molar-refractivity contribution in [3.05, 3.63) is 29.8 Å². The molecule has 1 heterocycles. The van der Waals surface area contributed by atoms with Crippen LogP contribution in [-0.4, -0.2) is 36.3 Å². The Balaban J connectivity index is 2.17. The smallest absolute Gasteiger partial charge is 0.232 e. The van der Waals surface area contributed by atoms with Crippen LogP contribution in [0.3, 0.4) is 0 Å². The molecule has 2 amide bonds. The average Bonchev–Trinajstić information content (AvgIpc) is 2.63. The Hall–Kier alpha value is -2.04. The number of nitrogens with two attached hydrogens (primary N) is 1. The van der Waals surface area contributed by atoms with Crippen LogP contribution in [0.15, 0.2) is 24.3 Å². The zero-order valence-electron chi connectivity index (χ0n) is 12.0. The molecule has 108 valence electrons. The second-order valence-corrected chi connectivity index (χ2v) is 5.64. The van der Waals surface area contributed by atoms with Gasteiger partial charge in [0.1, 0.15) is 0 Å². The molecule has 5 heteroatoms. The number of nitrogens with one attached hydrogen (secondary N) is 1. The summed E-state index contributed by atoms with van der Waals surface area (Å²) in [5, 5.41) is 2.78.